The lowest BCUT2D eigenvalue weighted by Crippen LogP contribution is -2.40. The molecule has 2 heterocycles. The SMILES string of the molecule is CC/C=C(\OC(C)(C)C)C1(COc2cnc(-c3ccc(C=N)nc3)cn2)CCC1. The third kappa shape index (κ3) is 5.19. The summed E-state index contributed by atoms with van der Waals surface area (Å²) in [6, 6.07) is 3.67. The van der Waals surface area contributed by atoms with Crippen LogP contribution in [-0.2, 0) is 4.74 Å². The van der Waals surface area contributed by atoms with Crippen molar-refractivity contribution in [1.29, 1.82) is 5.41 Å². The molecule has 0 radical (unpaired) electrons. The van der Waals surface area contributed by atoms with Crippen molar-refractivity contribution < 1.29 is 9.47 Å². The first kappa shape index (κ1) is 21.0. The molecular formula is C23H30N4O2. The molecule has 0 bridgehead atoms. The van der Waals surface area contributed by atoms with E-state index >= 15 is 0 Å². The Morgan fingerprint density at radius 2 is 1.93 bits per heavy atom. The van der Waals surface area contributed by atoms with Gasteiger partial charge in [0.1, 0.15) is 18.0 Å². The fraction of sp³-hybridized carbons (Fsp3) is 0.478. The van der Waals surface area contributed by atoms with Gasteiger partial charge in [0.05, 0.1) is 29.2 Å². The predicted molar refractivity (Wildman–Crippen MR) is 114 cm³/mol. The molecule has 1 aliphatic rings. The van der Waals surface area contributed by atoms with E-state index in [1.54, 1.807) is 24.7 Å². The van der Waals surface area contributed by atoms with Crippen LogP contribution in [0.25, 0.3) is 11.3 Å². The summed E-state index contributed by atoms with van der Waals surface area (Å²) in [6.07, 6.45) is 12.7. The van der Waals surface area contributed by atoms with E-state index in [1.165, 1.54) is 12.6 Å². The smallest absolute Gasteiger partial charge is 0.232 e. The highest BCUT2D eigenvalue weighted by atomic mass is 16.5. The number of hydrogen-bond acceptors (Lipinski definition) is 6. The Kier molecular flexibility index (Phi) is 6.30. The molecule has 1 saturated carbocycles. The van der Waals surface area contributed by atoms with Crippen molar-refractivity contribution in [3.63, 3.8) is 0 Å². The minimum Gasteiger partial charge on any atom is -0.492 e. The molecule has 2 aromatic heterocycles. The molecule has 6 heteroatoms. The summed E-state index contributed by atoms with van der Waals surface area (Å²) in [4.78, 5) is 13.1. The first-order valence-corrected chi connectivity index (χ1v) is 10.2. The molecule has 29 heavy (non-hydrogen) atoms. The van der Waals surface area contributed by atoms with E-state index in [9.17, 15) is 0 Å². The standard InChI is InChI=1S/C23H30N4O2/c1-5-7-20(29-22(2,3)4)23(10-6-11-23)16-28-21-15-26-19(14-27-21)17-8-9-18(12-24)25-13-17/h7-9,12-15,24H,5-6,10-11,16H2,1-4H3/b20-7-,24-12?. The summed E-state index contributed by atoms with van der Waals surface area (Å²) in [5.41, 5.74) is 1.89. The van der Waals surface area contributed by atoms with Crippen molar-refractivity contribution in [3.05, 3.63) is 48.3 Å². The van der Waals surface area contributed by atoms with Gasteiger partial charge in [0.2, 0.25) is 5.88 Å². The number of allylic oxidation sites excluding steroid dienone is 1. The molecule has 0 aliphatic heterocycles. The molecule has 0 aromatic carbocycles. The van der Waals surface area contributed by atoms with E-state index in [0.29, 0.717) is 18.2 Å². The second-order valence-electron chi connectivity index (χ2n) is 8.47. The van der Waals surface area contributed by atoms with Crippen LogP contribution in [0.1, 0.15) is 59.1 Å². The summed E-state index contributed by atoms with van der Waals surface area (Å²) < 4.78 is 12.3. The average Bonchev–Trinajstić information content (AvgIpc) is 2.67. The molecule has 1 aliphatic carbocycles. The molecule has 2 aromatic rings. The van der Waals surface area contributed by atoms with E-state index < -0.39 is 0 Å². The van der Waals surface area contributed by atoms with Crippen LogP contribution in [0.3, 0.4) is 0 Å². The van der Waals surface area contributed by atoms with Crippen LogP contribution < -0.4 is 4.74 Å². The largest absolute Gasteiger partial charge is 0.492 e. The first-order chi connectivity index (χ1) is 13.8. The van der Waals surface area contributed by atoms with Gasteiger partial charge in [-0.25, -0.2) is 9.97 Å². The molecule has 0 amide bonds. The maximum absolute atomic E-state index is 7.22. The molecule has 1 N–H and O–H groups in total. The summed E-state index contributed by atoms with van der Waals surface area (Å²) in [7, 11) is 0. The Labute approximate surface area is 172 Å². The van der Waals surface area contributed by atoms with Crippen LogP contribution in [-0.4, -0.2) is 33.4 Å². The van der Waals surface area contributed by atoms with Gasteiger partial charge in [-0.05, 0) is 58.2 Å². The first-order valence-electron chi connectivity index (χ1n) is 10.2. The Morgan fingerprint density at radius 3 is 2.41 bits per heavy atom. The van der Waals surface area contributed by atoms with Crippen molar-refractivity contribution in [2.75, 3.05) is 6.61 Å². The molecule has 0 saturated heterocycles. The topological polar surface area (TPSA) is 81.0 Å². The maximum Gasteiger partial charge on any atom is 0.232 e. The van der Waals surface area contributed by atoms with Gasteiger partial charge in [0.15, 0.2) is 0 Å². The van der Waals surface area contributed by atoms with Crippen LogP contribution >= 0.6 is 0 Å². The molecule has 0 spiro atoms. The van der Waals surface area contributed by atoms with E-state index in [2.05, 4.69) is 48.7 Å². The summed E-state index contributed by atoms with van der Waals surface area (Å²) >= 11 is 0. The third-order valence-corrected chi connectivity index (χ3v) is 4.99. The Morgan fingerprint density at radius 1 is 1.14 bits per heavy atom. The highest BCUT2D eigenvalue weighted by Crippen LogP contribution is 2.48. The number of ether oxygens (including phenoxy) is 2. The van der Waals surface area contributed by atoms with Gasteiger partial charge < -0.3 is 14.9 Å². The summed E-state index contributed by atoms with van der Waals surface area (Å²) in [5.74, 6) is 1.55. The Bertz CT molecular complexity index is 848. The van der Waals surface area contributed by atoms with Gasteiger partial charge >= 0.3 is 0 Å². The predicted octanol–water partition coefficient (Wildman–Crippen LogP) is 5.19. The zero-order chi connectivity index (χ0) is 20.9. The van der Waals surface area contributed by atoms with Crippen LogP contribution in [0.4, 0.5) is 0 Å². The average molecular weight is 395 g/mol. The number of hydrogen-bond donors (Lipinski definition) is 1. The van der Waals surface area contributed by atoms with Gasteiger partial charge in [-0.2, -0.15) is 0 Å². The molecule has 0 atom stereocenters. The van der Waals surface area contributed by atoms with Crippen LogP contribution in [0.5, 0.6) is 5.88 Å². The lowest BCUT2D eigenvalue weighted by Gasteiger charge is -2.44. The fourth-order valence-electron chi connectivity index (χ4n) is 3.34. The van der Waals surface area contributed by atoms with Crippen LogP contribution in [0.15, 0.2) is 42.6 Å². The van der Waals surface area contributed by atoms with Gasteiger partial charge in [-0.3, -0.25) is 4.98 Å². The number of pyridine rings is 1. The molecule has 1 fully saturated rings. The van der Waals surface area contributed by atoms with Gasteiger partial charge in [0.25, 0.3) is 0 Å². The monoisotopic (exact) mass is 394 g/mol. The number of rotatable bonds is 8. The van der Waals surface area contributed by atoms with Gasteiger partial charge in [0, 0.05) is 18.0 Å². The molecule has 3 rings (SSSR count). The van der Waals surface area contributed by atoms with Crippen molar-refractivity contribution in [3.8, 4) is 17.1 Å². The second kappa shape index (κ2) is 8.72. The van der Waals surface area contributed by atoms with Crippen molar-refractivity contribution in [2.24, 2.45) is 5.41 Å². The number of aromatic nitrogens is 3. The molecule has 0 unspecified atom stereocenters. The normalized spacial score (nSPS) is 16.1. The van der Waals surface area contributed by atoms with E-state index in [0.717, 1.165) is 36.3 Å². The van der Waals surface area contributed by atoms with E-state index in [4.69, 9.17) is 14.9 Å². The minimum absolute atomic E-state index is 0.0733. The van der Waals surface area contributed by atoms with Crippen molar-refractivity contribution in [2.45, 2.75) is 59.0 Å². The van der Waals surface area contributed by atoms with Gasteiger partial charge in [-0.15, -0.1) is 0 Å². The zero-order valence-electron chi connectivity index (χ0n) is 17.7. The number of nitrogens with one attached hydrogen (secondary N) is 1. The highest BCUT2D eigenvalue weighted by molar-refractivity contribution is 5.74. The third-order valence-electron chi connectivity index (χ3n) is 4.99. The second-order valence-corrected chi connectivity index (χ2v) is 8.47. The van der Waals surface area contributed by atoms with E-state index in [1.807, 2.05) is 6.07 Å². The Balaban J connectivity index is 1.69. The molecule has 154 valence electrons. The molecular weight excluding hydrogens is 364 g/mol. The lowest BCUT2D eigenvalue weighted by molar-refractivity contribution is -0.0351. The summed E-state index contributed by atoms with van der Waals surface area (Å²) in [6.45, 7) is 8.91. The minimum atomic E-state index is -0.230. The Hall–Kier alpha value is -2.76. The van der Waals surface area contributed by atoms with Crippen LogP contribution in [0.2, 0.25) is 0 Å². The van der Waals surface area contributed by atoms with Crippen molar-refractivity contribution >= 4 is 6.21 Å². The fourth-order valence-corrected chi connectivity index (χ4v) is 3.34. The highest BCUT2D eigenvalue weighted by Gasteiger charge is 2.44. The lowest BCUT2D eigenvalue weighted by atomic mass is 9.67. The summed E-state index contributed by atoms with van der Waals surface area (Å²) in [5, 5.41) is 7.22. The number of nitrogens with zero attached hydrogens (tertiary/aromatic N) is 3. The molecule has 6 nitrogen and oxygen atoms in total. The van der Waals surface area contributed by atoms with Crippen molar-refractivity contribution in [1.82, 2.24) is 15.0 Å². The maximum atomic E-state index is 7.22. The van der Waals surface area contributed by atoms with E-state index in [-0.39, 0.29) is 11.0 Å². The quantitative estimate of drug-likeness (QED) is 0.492. The van der Waals surface area contributed by atoms with Crippen LogP contribution in [0, 0.1) is 10.8 Å². The zero-order valence-corrected chi connectivity index (χ0v) is 17.7. The van der Waals surface area contributed by atoms with Gasteiger partial charge in [-0.1, -0.05) is 13.3 Å².